The number of fused-ring (bicyclic) bond motifs is 2. The van der Waals surface area contributed by atoms with Crippen molar-refractivity contribution in [1.82, 2.24) is 0 Å². The minimum absolute atomic E-state index is 0.176. The summed E-state index contributed by atoms with van der Waals surface area (Å²) in [6.07, 6.45) is 11.9. The highest BCUT2D eigenvalue weighted by Gasteiger charge is 2.34. The van der Waals surface area contributed by atoms with Crippen LogP contribution in [0.5, 0.6) is 5.75 Å². The summed E-state index contributed by atoms with van der Waals surface area (Å²) in [6, 6.07) is 9.86. The molecule has 0 amide bonds. The molecule has 27 heavy (non-hydrogen) atoms. The van der Waals surface area contributed by atoms with E-state index >= 15 is 0 Å². The summed E-state index contributed by atoms with van der Waals surface area (Å²) in [4.78, 5) is 0. The van der Waals surface area contributed by atoms with E-state index < -0.39 is 0 Å². The van der Waals surface area contributed by atoms with Gasteiger partial charge in [-0.3, -0.25) is 0 Å². The predicted molar refractivity (Wildman–Crippen MR) is 111 cm³/mol. The van der Waals surface area contributed by atoms with Crippen molar-refractivity contribution >= 4 is 10.8 Å². The molecule has 1 nitrogen and oxygen atoms in total. The number of rotatable bonds is 4. The second-order valence-electron chi connectivity index (χ2n) is 8.71. The molecule has 2 heteroatoms. The van der Waals surface area contributed by atoms with Crippen LogP contribution in [-0.4, -0.2) is 6.61 Å². The lowest BCUT2D eigenvalue weighted by Crippen LogP contribution is -2.29. The van der Waals surface area contributed by atoms with Crippen molar-refractivity contribution in [1.29, 1.82) is 0 Å². The molecule has 0 N–H and O–H groups in total. The van der Waals surface area contributed by atoms with E-state index in [1.54, 1.807) is 0 Å². The third-order valence-electron chi connectivity index (χ3n) is 6.83. The fourth-order valence-corrected chi connectivity index (χ4v) is 5.31. The average Bonchev–Trinajstić information content (AvgIpc) is 2.67. The van der Waals surface area contributed by atoms with Crippen LogP contribution in [0.15, 0.2) is 42.5 Å². The molecule has 0 aromatic heterocycles. The highest BCUT2D eigenvalue weighted by Crippen LogP contribution is 2.47. The zero-order valence-electron chi connectivity index (χ0n) is 16.6. The van der Waals surface area contributed by atoms with Crippen LogP contribution in [0, 0.1) is 23.6 Å². The molecule has 2 aliphatic rings. The van der Waals surface area contributed by atoms with Crippen molar-refractivity contribution in [3.8, 4) is 5.75 Å². The maximum atomic E-state index is 14.7. The first-order valence-corrected chi connectivity index (χ1v) is 10.6. The molecule has 0 heterocycles. The molecule has 144 valence electrons. The Kier molecular flexibility index (Phi) is 5.52. The Morgan fingerprint density at radius 1 is 1.04 bits per heavy atom. The van der Waals surface area contributed by atoms with E-state index in [4.69, 9.17) is 4.74 Å². The summed E-state index contributed by atoms with van der Waals surface area (Å²) in [7, 11) is 0. The third kappa shape index (κ3) is 4.05. The zero-order valence-corrected chi connectivity index (χ0v) is 16.6. The Labute approximate surface area is 162 Å². The van der Waals surface area contributed by atoms with Gasteiger partial charge >= 0.3 is 0 Å². The highest BCUT2D eigenvalue weighted by molar-refractivity contribution is 5.85. The Balaban J connectivity index is 1.53. The average molecular weight is 367 g/mol. The van der Waals surface area contributed by atoms with E-state index in [2.05, 4.69) is 25.1 Å². The Morgan fingerprint density at radius 3 is 2.70 bits per heavy atom. The molecule has 2 aromatic rings. The van der Waals surface area contributed by atoms with Gasteiger partial charge in [0.2, 0.25) is 0 Å². The van der Waals surface area contributed by atoms with E-state index in [1.807, 2.05) is 25.1 Å². The van der Waals surface area contributed by atoms with Crippen molar-refractivity contribution in [2.24, 2.45) is 17.8 Å². The van der Waals surface area contributed by atoms with Crippen LogP contribution in [0.4, 0.5) is 4.39 Å². The molecule has 2 saturated carbocycles. The van der Waals surface area contributed by atoms with Gasteiger partial charge in [-0.25, -0.2) is 4.39 Å². The molecule has 2 aromatic carbocycles. The summed E-state index contributed by atoms with van der Waals surface area (Å²) in [6.45, 7) is 4.83. The van der Waals surface area contributed by atoms with Gasteiger partial charge in [-0.2, -0.15) is 0 Å². The molecular formula is C25H31FO. The highest BCUT2D eigenvalue weighted by atomic mass is 19.1. The fraction of sp³-hybridized carbons (Fsp3) is 0.520. The molecule has 2 unspecified atom stereocenters. The number of hydrogen-bond acceptors (Lipinski definition) is 1. The quantitative estimate of drug-likeness (QED) is 0.518. The summed E-state index contributed by atoms with van der Waals surface area (Å²) < 4.78 is 20.3. The number of allylic oxidation sites excluding steroid dienone is 1. The molecule has 4 atom stereocenters. The summed E-state index contributed by atoms with van der Waals surface area (Å²) in [5.74, 6) is 3.73. The molecule has 0 radical (unpaired) electrons. The van der Waals surface area contributed by atoms with Gasteiger partial charge in [-0.1, -0.05) is 37.6 Å². The van der Waals surface area contributed by atoms with Gasteiger partial charge in [0, 0.05) is 11.5 Å². The largest absolute Gasteiger partial charge is 0.489 e. The Bertz CT molecular complexity index is 824. The van der Waals surface area contributed by atoms with Crippen LogP contribution in [0.1, 0.15) is 63.9 Å². The second-order valence-corrected chi connectivity index (χ2v) is 8.71. The van der Waals surface area contributed by atoms with E-state index in [-0.39, 0.29) is 5.82 Å². The van der Waals surface area contributed by atoms with Gasteiger partial charge in [0.05, 0.1) is 0 Å². The lowest BCUT2D eigenvalue weighted by Gasteiger charge is -2.41. The van der Waals surface area contributed by atoms with Crippen LogP contribution >= 0.6 is 0 Å². The summed E-state index contributed by atoms with van der Waals surface area (Å²) >= 11 is 0. The summed E-state index contributed by atoms with van der Waals surface area (Å²) in [5.41, 5.74) is 1.32. The monoisotopic (exact) mass is 366 g/mol. The zero-order chi connectivity index (χ0) is 18.8. The smallest absolute Gasteiger partial charge is 0.134 e. The van der Waals surface area contributed by atoms with Crippen molar-refractivity contribution in [2.75, 3.05) is 6.61 Å². The van der Waals surface area contributed by atoms with Gasteiger partial charge in [0.1, 0.15) is 18.2 Å². The van der Waals surface area contributed by atoms with Crippen LogP contribution in [0.25, 0.3) is 10.8 Å². The molecule has 4 rings (SSSR count). The number of benzene rings is 2. The third-order valence-corrected chi connectivity index (χ3v) is 6.83. The molecule has 0 spiro atoms. The second kappa shape index (κ2) is 8.04. The first kappa shape index (κ1) is 18.5. The number of ether oxygens (including phenoxy) is 1. The van der Waals surface area contributed by atoms with Gasteiger partial charge in [0.15, 0.2) is 0 Å². The maximum absolute atomic E-state index is 14.7. The van der Waals surface area contributed by atoms with E-state index in [0.29, 0.717) is 18.3 Å². The van der Waals surface area contributed by atoms with Crippen molar-refractivity contribution in [3.05, 3.63) is 53.9 Å². The van der Waals surface area contributed by atoms with Crippen molar-refractivity contribution in [3.63, 3.8) is 0 Å². The Hall–Kier alpha value is -1.83. The fourth-order valence-electron chi connectivity index (χ4n) is 5.31. The molecule has 2 aliphatic carbocycles. The van der Waals surface area contributed by atoms with Gasteiger partial charge in [0.25, 0.3) is 0 Å². The lowest BCUT2D eigenvalue weighted by molar-refractivity contribution is 0.124. The minimum Gasteiger partial charge on any atom is -0.489 e. The standard InChI is InChI=1S/C25H31FO/c1-3-4-11-27-23-14-22-10-9-21(15-24(22)25(26)16-23)20-8-7-18-12-17(2)5-6-19(18)13-20/h3-4,9-10,14-20H,5-8,11-13H2,1-2H3/b4-3+/t17?,18-,19?,20-/m1/s1. The topological polar surface area (TPSA) is 9.23 Å². The molecule has 0 aliphatic heterocycles. The Morgan fingerprint density at radius 2 is 1.85 bits per heavy atom. The molecule has 0 saturated heterocycles. The number of hydrogen-bond donors (Lipinski definition) is 0. The molecular weight excluding hydrogens is 335 g/mol. The lowest BCUT2D eigenvalue weighted by atomic mass is 9.64. The van der Waals surface area contributed by atoms with E-state index in [9.17, 15) is 4.39 Å². The summed E-state index contributed by atoms with van der Waals surface area (Å²) in [5, 5.41) is 1.65. The number of halogens is 1. The van der Waals surface area contributed by atoms with Gasteiger partial charge in [-0.05, 0) is 85.8 Å². The van der Waals surface area contributed by atoms with Gasteiger partial charge in [-0.15, -0.1) is 0 Å². The normalized spacial score (nSPS) is 28.4. The predicted octanol–water partition coefficient (Wildman–Crippen LogP) is 7.25. The van der Waals surface area contributed by atoms with Crippen molar-refractivity contribution in [2.45, 2.75) is 58.3 Å². The molecule has 2 fully saturated rings. The van der Waals surface area contributed by atoms with E-state index in [1.165, 1.54) is 50.2 Å². The van der Waals surface area contributed by atoms with E-state index in [0.717, 1.165) is 28.5 Å². The van der Waals surface area contributed by atoms with Gasteiger partial charge < -0.3 is 4.74 Å². The maximum Gasteiger partial charge on any atom is 0.134 e. The first-order chi connectivity index (χ1) is 13.1. The molecule has 0 bridgehead atoms. The van der Waals surface area contributed by atoms with Crippen LogP contribution in [-0.2, 0) is 0 Å². The van der Waals surface area contributed by atoms with Crippen LogP contribution in [0.2, 0.25) is 0 Å². The SMILES string of the molecule is C/C=C/COc1cc(F)c2cc([C@@H]3CC[C@@H]4CC(C)CCC4C3)ccc2c1. The van der Waals surface area contributed by atoms with Crippen LogP contribution in [0.3, 0.4) is 0 Å². The first-order valence-electron chi connectivity index (χ1n) is 10.6. The van der Waals surface area contributed by atoms with Crippen molar-refractivity contribution < 1.29 is 9.13 Å². The van der Waals surface area contributed by atoms with Crippen LogP contribution < -0.4 is 4.74 Å². The minimum atomic E-state index is -0.176.